The Labute approximate surface area is 179 Å². The summed E-state index contributed by atoms with van der Waals surface area (Å²) in [5.74, 6) is 2.27. The Morgan fingerprint density at radius 1 is 1.00 bits per heavy atom. The number of anilines is 1. The van der Waals surface area contributed by atoms with E-state index in [1.165, 1.54) is 46.7 Å². The van der Waals surface area contributed by atoms with Gasteiger partial charge in [-0.2, -0.15) is 5.10 Å². The van der Waals surface area contributed by atoms with E-state index in [0.29, 0.717) is 11.8 Å². The van der Waals surface area contributed by atoms with Crippen molar-refractivity contribution in [2.45, 2.75) is 51.5 Å². The molecule has 0 spiro atoms. The van der Waals surface area contributed by atoms with Gasteiger partial charge in [-0.05, 0) is 55.5 Å². The molecular formula is C26H32N4. The second-order valence-electron chi connectivity index (χ2n) is 9.05. The minimum absolute atomic E-state index is 0.479. The highest BCUT2D eigenvalue weighted by molar-refractivity contribution is 5.59. The molecule has 0 bridgehead atoms. The number of piperidine rings is 1. The predicted molar refractivity (Wildman–Crippen MR) is 124 cm³/mol. The molecule has 0 radical (unpaired) electrons. The lowest BCUT2D eigenvalue weighted by Crippen LogP contribution is -2.32. The van der Waals surface area contributed by atoms with Crippen molar-refractivity contribution in [2.75, 3.05) is 25.0 Å². The number of rotatable bonds is 5. The van der Waals surface area contributed by atoms with E-state index in [-0.39, 0.29) is 0 Å². The lowest BCUT2D eigenvalue weighted by atomic mass is 9.90. The van der Waals surface area contributed by atoms with Crippen molar-refractivity contribution in [1.29, 1.82) is 0 Å². The summed E-state index contributed by atoms with van der Waals surface area (Å²) in [7, 11) is 0. The zero-order chi connectivity index (χ0) is 20.5. The van der Waals surface area contributed by atoms with E-state index >= 15 is 0 Å². The van der Waals surface area contributed by atoms with E-state index in [2.05, 4.69) is 83.3 Å². The van der Waals surface area contributed by atoms with Crippen LogP contribution in [0.4, 0.5) is 5.82 Å². The lowest BCUT2D eigenvalue weighted by molar-refractivity contribution is 0.203. The van der Waals surface area contributed by atoms with Crippen LogP contribution in [-0.4, -0.2) is 34.3 Å². The van der Waals surface area contributed by atoms with Gasteiger partial charge < -0.3 is 5.32 Å². The van der Waals surface area contributed by atoms with Crippen molar-refractivity contribution in [1.82, 2.24) is 14.7 Å². The maximum atomic E-state index is 5.21. The molecule has 0 amide bonds. The van der Waals surface area contributed by atoms with Crippen LogP contribution in [0.25, 0.3) is 5.69 Å². The zero-order valence-electron chi connectivity index (χ0n) is 18.1. The van der Waals surface area contributed by atoms with Gasteiger partial charge in [0.2, 0.25) is 0 Å². The molecule has 1 N–H and O–H groups in total. The molecular weight excluding hydrogens is 368 g/mol. The first-order chi connectivity index (χ1) is 14.7. The van der Waals surface area contributed by atoms with Crippen LogP contribution < -0.4 is 5.32 Å². The first-order valence-corrected chi connectivity index (χ1v) is 11.4. The minimum atomic E-state index is 0.479. The van der Waals surface area contributed by atoms with Gasteiger partial charge >= 0.3 is 0 Å². The normalized spacial score (nSPS) is 17.3. The molecule has 5 rings (SSSR count). The van der Waals surface area contributed by atoms with Gasteiger partial charge in [0.25, 0.3) is 0 Å². The Bertz CT molecular complexity index is 997. The van der Waals surface area contributed by atoms with Crippen LogP contribution in [0.1, 0.15) is 60.9 Å². The third-order valence-electron chi connectivity index (χ3n) is 6.69. The quantitative estimate of drug-likeness (QED) is 0.627. The number of benzene rings is 2. The summed E-state index contributed by atoms with van der Waals surface area (Å²) in [5.41, 5.74) is 6.80. The van der Waals surface area contributed by atoms with Gasteiger partial charge in [-0.15, -0.1) is 0 Å². The Morgan fingerprint density at radius 3 is 2.50 bits per heavy atom. The van der Waals surface area contributed by atoms with E-state index in [1.54, 1.807) is 0 Å². The van der Waals surface area contributed by atoms with Crippen molar-refractivity contribution in [3.8, 4) is 5.69 Å². The summed E-state index contributed by atoms with van der Waals surface area (Å²) in [6, 6.07) is 19.6. The van der Waals surface area contributed by atoms with Gasteiger partial charge in [-0.25, -0.2) is 4.68 Å². The molecule has 0 unspecified atom stereocenters. The van der Waals surface area contributed by atoms with Crippen LogP contribution in [0.3, 0.4) is 0 Å². The molecule has 1 aromatic heterocycles. The largest absolute Gasteiger partial charge is 0.369 e. The summed E-state index contributed by atoms with van der Waals surface area (Å²) in [4.78, 5) is 2.59. The SMILES string of the molecule is CC(C)c1ccccc1-n1nc(C2CCN(Cc3ccccc3)CC2)c2c1NCC2. The topological polar surface area (TPSA) is 33.1 Å². The molecule has 4 heteroatoms. The van der Waals surface area contributed by atoms with Gasteiger partial charge in [0.1, 0.15) is 5.82 Å². The molecule has 3 heterocycles. The average Bonchev–Trinajstić information content (AvgIpc) is 3.38. The van der Waals surface area contributed by atoms with Crippen LogP contribution >= 0.6 is 0 Å². The first kappa shape index (κ1) is 19.4. The third-order valence-corrected chi connectivity index (χ3v) is 6.69. The molecule has 2 aliphatic rings. The second-order valence-corrected chi connectivity index (χ2v) is 9.05. The van der Waals surface area contributed by atoms with Crippen molar-refractivity contribution >= 4 is 5.82 Å². The minimum Gasteiger partial charge on any atom is -0.369 e. The molecule has 0 atom stereocenters. The predicted octanol–water partition coefficient (Wildman–Crippen LogP) is 5.34. The molecule has 1 saturated heterocycles. The smallest absolute Gasteiger partial charge is 0.133 e. The highest BCUT2D eigenvalue weighted by atomic mass is 15.3. The molecule has 2 aromatic carbocycles. The number of fused-ring (bicyclic) bond motifs is 1. The average molecular weight is 401 g/mol. The van der Waals surface area contributed by atoms with Crippen LogP contribution in [0.2, 0.25) is 0 Å². The molecule has 0 aliphatic carbocycles. The summed E-state index contributed by atoms with van der Waals surface area (Å²) in [6.07, 6.45) is 3.49. The fourth-order valence-corrected chi connectivity index (χ4v) is 5.08. The summed E-state index contributed by atoms with van der Waals surface area (Å²) >= 11 is 0. The van der Waals surface area contributed by atoms with Crippen molar-refractivity contribution < 1.29 is 0 Å². The molecule has 0 saturated carbocycles. The fourth-order valence-electron chi connectivity index (χ4n) is 5.08. The van der Waals surface area contributed by atoms with Gasteiger partial charge in [0, 0.05) is 24.6 Å². The number of nitrogens with one attached hydrogen (secondary N) is 1. The fraction of sp³-hybridized carbons (Fsp3) is 0.423. The molecule has 30 heavy (non-hydrogen) atoms. The number of hydrogen-bond acceptors (Lipinski definition) is 3. The number of aromatic nitrogens is 2. The highest BCUT2D eigenvalue weighted by Crippen LogP contribution is 2.38. The number of para-hydroxylation sites is 1. The Hall–Kier alpha value is -2.59. The number of hydrogen-bond donors (Lipinski definition) is 1. The first-order valence-electron chi connectivity index (χ1n) is 11.4. The molecule has 4 nitrogen and oxygen atoms in total. The lowest BCUT2D eigenvalue weighted by Gasteiger charge is -2.31. The third kappa shape index (κ3) is 3.65. The van der Waals surface area contributed by atoms with E-state index in [4.69, 9.17) is 5.10 Å². The van der Waals surface area contributed by atoms with Crippen molar-refractivity contribution in [3.05, 3.63) is 77.0 Å². The van der Waals surface area contributed by atoms with Crippen molar-refractivity contribution in [3.63, 3.8) is 0 Å². The van der Waals surface area contributed by atoms with E-state index < -0.39 is 0 Å². The molecule has 156 valence electrons. The monoisotopic (exact) mass is 400 g/mol. The maximum Gasteiger partial charge on any atom is 0.133 e. The highest BCUT2D eigenvalue weighted by Gasteiger charge is 2.30. The molecule has 3 aromatic rings. The van der Waals surface area contributed by atoms with Crippen molar-refractivity contribution in [2.24, 2.45) is 0 Å². The molecule has 2 aliphatic heterocycles. The second kappa shape index (κ2) is 8.27. The maximum absolute atomic E-state index is 5.21. The zero-order valence-corrected chi connectivity index (χ0v) is 18.1. The van der Waals surface area contributed by atoms with Gasteiger partial charge in [0.15, 0.2) is 0 Å². The number of nitrogens with zero attached hydrogens (tertiary/aromatic N) is 3. The van der Waals surface area contributed by atoms with E-state index in [9.17, 15) is 0 Å². The van der Waals surface area contributed by atoms with Gasteiger partial charge in [0.05, 0.1) is 11.4 Å². The van der Waals surface area contributed by atoms with E-state index in [0.717, 1.165) is 32.6 Å². The van der Waals surface area contributed by atoms with Crippen LogP contribution in [-0.2, 0) is 13.0 Å². The van der Waals surface area contributed by atoms with Crippen LogP contribution in [0.15, 0.2) is 54.6 Å². The summed E-state index contributed by atoms with van der Waals surface area (Å²) < 4.78 is 2.20. The summed E-state index contributed by atoms with van der Waals surface area (Å²) in [5, 5.41) is 8.84. The van der Waals surface area contributed by atoms with Gasteiger partial charge in [-0.1, -0.05) is 62.4 Å². The Balaban J connectivity index is 1.37. The number of likely N-dealkylation sites (tertiary alicyclic amines) is 1. The molecule has 1 fully saturated rings. The van der Waals surface area contributed by atoms with Crippen LogP contribution in [0, 0.1) is 0 Å². The van der Waals surface area contributed by atoms with Gasteiger partial charge in [-0.3, -0.25) is 4.90 Å². The Kier molecular flexibility index (Phi) is 5.34. The Morgan fingerprint density at radius 2 is 1.73 bits per heavy atom. The van der Waals surface area contributed by atoms with Crippen LogP contribution in [0.5, 0.6) is 0 Å². The summed E-state index contributed by atoms with van der Waals surface area (Å²) in [6.45, 7) is 8.91. The standard InChI is InChI=1S/C26H32N4/c1-19(2)22-10-6-7-11-24(22)30-26-23(12-15-27-26)25(28-30)21-13-16-29(17-14-21)18-20-8-4-3-5-9-20/h3-11,19,21,27H,12-18H2,1-2H3. The van der Waals surface area contributed by atoms with E-state index in [1.807, 2.05) is 0 Å².